The van der Waals surface area contributed by atoms with Gasteiger partial charge in [-0.25, -0.2) is 9.97 Å². The Bertz CT molecular complexity index is 505. The number of hydrogen-bond acceptors (Lipinski definition) is 5. The average Bonchev–Trinajstić information content (AvgIpc) is 2.85. The molecule has 0 aromatic carbocycles. The van der Waals surface area contributed by atoms with E-state index in [-0.39, 0.29) is 0 Å². The third-order valence-electron chi connectivity index (χ3n) is 5.35. The summed E-state index contributed by atoms with van der Waals surface area (Å²) in [6.07, 6.45) is 4.38. The van der Waals surface area contributed by atoms with Crippen LogP contribution in [0.2, 0.25) is 0 Å². The van der Waals surface area contributed by atoms with Crippen molar-refractivity contribution in [3.05, 3.63) is 11.9 Å². The van der Waals surface area contributed by atoms with E-state index >= 15 is 0 Å². The van der Waals surface area contributed by atoms with Crippen molar-refractivity contribution in [3.63, 3.8) is 0 Å². The zero-order valence-corrected chi connectivity index (χ0v) is 12.1. The molecule has 4 atom stereocenters. The van der Waals surface area contributed by atoms with Gasteiger partial charge in [-0.2, -0.15) is 0 Å². The van der Waals surface area contributed by atoms with Crippen LogP contribution in [0, 0.1) is 23.7 Å². The van der Waals surface area contributed by atoms with E-state index in [2.05, 4.69) is 20.6 Å². The van der Waals surface area contributed by atoms with Crippen molar-refractivity contribution >= 4 is 11.6 Å². The highest BCUT2D eigenvalue weighted by Crippen LogP contribution is 2.66. The van der Waals surface area contributed by atoms with Crippen LogP contribution in [0.4, 0.5) is 11.6 Å². The van der Waals surface area contributed by atoms with Gasteiger partial charge in [0.25, 0.3) is 0 Å². The molecule has 1 aromatic heterocycles. The van der Waals surface area contributed by atoms with E-state index in [0.717, 1.165) is 41.1 Å². The maximum absolute atomic E-state index is 5.14. The molecular formula is C15H22N4O. The van der Waals surface area contributed by atoms with Crippen molar-refractivity contribution in [1.82, 2.24) is 9.97 Å². The van der Waals surface area contributed by atoms with Crippen molar-refractivity contribution < 1.29 is 4.74 Å². The van der Waals surface area contributed by atoms with Crippen molar-refractivity contribution in [2.24, 2.45) is 23.7 Å². The minimum Gasteiger partial charge on any atom is -0.377 e. The lowest BCUT2D eigenvalue weighted by atomic mass is 10.0. The summed E-state index contributed by atoms with van der Waals surface area (Å²) in [7, 11) is 3.56. The molecule has 20 heavy (non-hydrogen) atoms. The Balaban J connectivity index is 1.50. The molecule has 2 bridgehead atoms. The van der Waals surface area contributed by atoms with E-state index in [1.54, 1.807) is 7.11 Å². The highest BCUT2D eigenvalue weighted by atomic mass is 16.5. The summed E-state index contributed by atoms with van der Waals surface area (Å²) in [4.78, 5) is 8.96. The van der Waals surface area contributed by atoms with Gasteiger partial charge in [-0.3, -0.25) is 0 Å². The molecule has 4 unspecified atom stereocenters. The number of nitrogens with one attached hydrogen (secondary N) is 2. The SMILES string of the molecule is CNc1cc(NC2C3C4CCC(C4)C23)nc(COC)n1. The normalized spacial score (nSPS) is 36.8. The second-order valence-electron chi connectivity index (χ2n) is 6.40. The molecule has 4 rings (SSSR count). The number of fused-ring (bicyclic) bond motifs is 5. The predicted octanol–water partition coefficient (Wildman–Crippen LogP) is 2.12. The first-order valence-corrected chi connectivity index (χ1v) is 7.61. The van der Waals surface area contributed by atoms with Crippen LogP contribution < -0.4 is 10.6 Å². The fraction of sp³-hybridized carbons (Fsp3) is 0.733. The fourth-order valence-corrected chi connectivity index (χ4v) is 4.58. The Morgan fingerprint density at radius 2 is 1.90 bits per heavy atom. The summed E-state index contributed by atoms with van der Waals surface area (Å²) in [6, 6.07) is 2.64. The molecule has 5 nitrogen and oxygen atoms in total. The number of rotatable bonds is 5. The van der Waals surface area contributed by atoms with Gasteiger partial charge in [0, 0.05) is 26.3 Å². The van der Waals surface area contributed by atoms with Crippen LogP contribution in [-0.4, -0.2) is 30.2 Å². The van der Waals surface area contributed by atoms with E-state index in [9.17, 15) is 0 Å². The topological polar surface area (TPSA) is 59.1 Å². The average molecular weight is 274 g/mol. The number of nitrogens with zero attached hydrogens (tertiary/aromatic N) is 2. The van der Waals surface area contributed by atoms with Crippen LogP contribution in [0.5, 0.6) is 0 Å². The summed E-state index contributed by atoms with van der Waals surface area (Å²) < 4.78 is 5.14. The molecule has 2 N–H and O–H groups in total. The van der Waals surface area contributed by atoms with E-state index in [0.29, 0.717) is 12.6 Å². The molecule has 1 heterocycles. The molecule has 0 spiro atoms. The van der Waals surface area contributed by atoms with Crippen molar-refractivity contribution in [2.45, 2.75) is 31.9 Å². The molecule has 1 aromatic rings. The minimum absolute atomic E-state index is 0.451. The molecule has 0 saturated heterocycles. The number of methoxy groups -OCH3 is 1. The Morgan fingerprint density at radius 3 is 2.55 bits per heavy atom. The largest absolute Gasteiger partial charge is 0.377 e. The molecule has 3 aliphatic rings. The monoisotopic (exact) mass is 274 g/mol. The van der Waals surface area contributed by atoms with E-state index in [4.69, 9.17) is 4.74 Å². The molecular weight excluding hydrogens is 252 g/mol. The lowest BCUT2D eigenvalue weighted by molar-refractivity contribution is 0.178. The van der Waals surface area contributed by atoms with Gasteiger partial charge in [-0.15, -0.1) is 0 Å². The lowest BCUT2D eigenvalue weighted by Crippen LogP contribution is -2.15. The second kappa shape index (κ2) is 4.58. The van der Waals surface area contributed by atoms with E-state index < -0.39 is 0 Å². The van der Waals surface area contributed by atoms with Crippen LogP contribution in [0.15, 0.2) is 6.07 Å². The molecule has 3 saturated carbocycles. The fourth-order valence-electron chi connectivity index (χ4n) is 4.58. The van der Waals surface area contributed by atoms with Gasteiger partial charge in [0.15, 0.2) is 5.82 Å². The zero-order chi connectivity index (χ0) is 13.7. The summed E-state index contributed by atoms with van der Waals surface area (Å²) >= 11 is 0. The quantitative estimate of drug-likeness (QED) is 0.861. The molecule has 108 valence electrons. The Labute approximate surface area is 119 Å². The van der Waals surface area contributed by atoms with Crippen molar-refractivity contribution in [1.29, 1.82) is 0 Å². The minimum atomic E-state index is 0.451. The molecule has 0 amide bonds. The summed E-state index contributed by atoms with van der Waals surface area (Å²) in [5, 5.41) is 6.74. The first-order chi connectivity index (χ1) is 9.80. The number of aromatic nitrogens is 2. The van der Waals surface area contributed by atoms with Crippen molar-refractivity contribution in [2.75, 3.05) is 24.8 Å². The first-order valence-electron chi connectivity index (χ1n) is 7.61. The molecule has 3 fully saturated rings. The van der Waals surface area contributed by atoms with Gasteiger partial charge in [-0.1, -0.05) is 0 Å². The predicted molar refractivity (Wildman–Crippen MR) is 77.5 cm³/mol. The molecule has 5 heteroatoms. The van der Waals surface area contributed by atoms with Gasteiger partial charge in [0.1, 0.15) is 18.2 Å². The third-order valence-corrected chi connectivity index (χ3v) is 5.35. The Hall–Kier alpha value is -1.36. The van der Waals surface area contributed by atoms with Crippen LogP contribution in [0.1, 0.15) is 25.1 Å². The van der Waals surface area contributed by atoms with Gasteiger partial charge < -0.3 is 15.4 Å². The van der Waals surface area contributed by atoms with Gasteiger partial charge in [0.2, 0.25) is 0 Å². The van der Waals surface area contributed by atoms with Crippen LogP contribution in [-0.2, 0) is 11.3 Å². The maximum Gasteiger partial charge on any atom is 0.158 e. The summed E-state index contributed by atoms with van der Waals surface area (Å²) in [6.45, 7) is 0.451. The summed E-state index contributed by atoms with van der Waals surface area (Å²) in [5.41, 5.74) is 0. The van der Waals surface area contributed by atoms with Crippen LogP contribution in [0.3, 0.4) is 0 Å². The number of ether oxygens (including phenoxy) is 1. The van der Waals surface area contributed by atoms with Crippen LogP contribution in [0.25, 0.3) is 0 Å². The highest BCUT2D eigenvalue weighted by molar-refractivity contribution is 5.49. The smallest absolute Gasteiger partial charge is 0.158 e. The molecule has 0 radical (unpaired) electrons. The Morgan fingerprint density at radius 1 is 1.20 bits per heavy atom. The van der Waals surface area contributed by atoms with Gasteiger partial charge in [0.05, 0.1) is 0 Å². The molecule has 3 aliphatic carbocycles. The number of anilines is 2. The lowest BCUT2D eigenvalue weighted by Gasteiger charge is -2.13. The summed E-state index contributed by atoms with van der Waals surface area (Å²) in [5.74, 6) is 6.30. The standard InChI is InChI=1S/C15H22N4O/c1-16-10-6-11(18-12(17-10)7-20-2)19-15-13-8-3-4-9(5-8)14(13)15/h6,8-9,13-15H,3-5,7H2,1-2H3,(H2,16,17,18,19). The van der Waals surface area contributed by atoms with Gasteiger partial charge in [-0.05, 0) is 42.9 Å². The van der Waals surface area contributed by atoms with Crippen molar-refractivity contribution in [3.8, 4) is 0 Å². The maximum atomic E-state index is 5.14. The van der Waals surface area contributed by atoms with Crippen LogP contribution >= 0.6 is 0 Å². The number of hydrogen-bond donors (Lipinski definition) is 2. The second-order valence-corrected chi connectivity index (χ2v) is 6.40. The highest BCUT2D eigenvalue weighted by Gasteiger charge is 2.65. The Kier molecular flexibility index (Phi) is 2.84. The van der Waals surface area contributed by atoms with Gasteiger partial charge >= 0.3 is 0 Å². The third kappa shape index (κ3) is 1.87. The zero-order valence-electron chi connectivity index (χ0n) is 12.1. The van der Waals surface area contributed by atoms with E-state index in [1.807, 2.05) is 13.1 Å². The van der Waals surface area contributed by atoms with E-state index in [1.165, 1.54) is 19.3 Å². The first kappa shape index (κ1) is 12.4. The molecule has 0 aliphatic heterocycles.